The van der Waals surface area contributed by atoms with Gasteiger partial charge in [-0.25, -0.2) is 0 Å². The van der Waals surface area contributed by atoms with E-state index >= 15 is 0 Å². The van der Waals surface area contributed by atoms with Gasteiger partial charge in [-0.2, -0.15) is 0 Å². The van der Waals surface area contributed by atoms with Crippen LogP contribution in [0.2, 0.25) is 0 Å². The van der Waals surface area contributed by atoms with E-state index in [1.165, 1.54) is 14.2 Å². The molecule has 27 heavy (non-hydrogen) atoms. The third-order valence-corrected chi connectivity index (χ3v) is 4.77. The van der Waals surface area contributed by atoms with Crippen LogP contribution in [0.1, 0.15) is 22.3 Å². The Labute approximate surface area is 160 Å². The van der Waals surface area contributed by atoms with E-state index in [2.05, 4.69) is 0 Å². The average molecular weight is 366 g/mol. The number of benzene rings is 2. The minimum Gasteiger partial charge on any atom is -0.468 e. The molecule has 2 aromatic rings. The van der Waals surface area contributed by atoms with E-state index in [1.807, 2.05) is 74.5 Å². The van der Waals surface area contributed by atoms with E-state index in [1.54, 1.807) is 0 Å². The maximum atomic E-state index is 12.4. The minimum absolute atomic E-state index is 0.384. The van der Waals surface area contributed by atoms with Gasteiger partial charge in [-0.15, -0.1) is 0 Å². The molecule has 0 saturated heterocycles. The fraction of sp³-hybridized carbons (Fsp3) is 0.304. The summed E-state index contributed by atoms with van der Waals surface area (Å²) in [5, 5.41) is 0. The Balaban J connectivity index is 2.43. The highest BCUT2D eigenvalue weighted by molar-refractivity contribution is 5.95. The molecule has 4 nitrogen and oxygen atoms in total. The van der Waals surface area contributed by atoms with Crippen molar-refractivity contribution >= 4 is 18.0 Å². The summed E-state index contributed by atoms with van der Waals surface area (Å²) in [5.74, 6) is -2.57. The highest BCUT2D eigenvalue weighted by Crippen LogP contribution is 2.25. The van der Waals surface area contributed by atoms with Crippen molar-refractivity contribution in [3.8, 4) is 0 Å². The van der Waals surface area contributed by atoms with Crippen molar-refractivity contribution in [3.63, 3.8) is 0 Å². The van der Waals surface area contributed by atoms with Crippen molar-refractivity contribution in [2.45, 2.75) is 20.3 Å². The Morgan fingerprint density at radius 1 is 0.889 bits per heavy atom. The molecule has 0 aromatic heterocycles. The number of aryl methyl sites for hydroxylation is 2. The first-order valence-corrected chi connectivity index (χ1v) is 8.92. The minimum atomic E-state index is -1.01. The van der Waals surface area contributed by atoms with Gasteiger partial charge in [-0.3, -0.25) is 9.59 Å². The molecule has 0 aliphatic heterocycles. The molecule has 1 atom stereocenters. The van der Waals surface area contributed by atoms with E-state index in [-0.39, 0.29) is 5.92 Å². The number of hydrogen-bond donors (Lipinski definition) is 0. The molecule has 0 unspecified atom stereocenters. The molecule has 0 N–H and O–H groups in total. The fourth-order valence-corrected chi connectivity index (χ4v) is 3.09. The van der Waals surface area contributed by atoms with Crippen LogP contribution in [0.15, 0.2) is 54.6 Å². The van der Waals surface area contributed by atoms with Crippen LogP contribution in [-0.4, -0.2) is 26.2 Å². The van der Waals surface area contributed by atoms with Gasteiger partial charge in [-0.1, -0.05) is 60.7 Å². The quantitative estimate of drug-likeness (QED) is 0.546. The molecule has 0 saturated carbocycles. The van der Waals surface area contributed by atoms with Crippen LogP contribution in [0.25, 0.3) is 6.08 Å². The maximum absolute atomic E-state index is 12.4. The average Bonchev–Trinajstić information content (AvgIpc) is 2.68. The van der Waals surface area contributed by atoms with Gasteiger partial charge in [0.2, 0.25) is 0 Å². The van der Waals surface area contributed by atoms with Crippen molar-refractivity contribution in [1.29, 1.82) is 0 Å². The summed E-state index contributed by atoms with van der Waals surface area (Å²) in [6.07, 6.45) is 4.40. The Morgan fingerprint density at radius 3 is 2.00 bits per heavy atom. The number of esters is 2. The molecule has 0 fully saturated rings. The van der Waals surface area contributed by atoms with Gasteiger partial charge < -0.3 is 9.47 Å². The summed E-state index contributed by atoms with van der Waals surface area (Å²) in [5.41, 5.74) is 4.35. The number of rotatable bonds is 7. The van der Waals surface area contributed by atoms with Crippen molar-refractivity contribution in [2.75, 3.05) is 14.2 Å². The molecule has 0 amide bonds. The lowest BCUT2D eigenvalue weighted by Crippen LogP contribution is -2.33. The molecule has 2 aromatic carbocycles. The Kier molecular flexibility index (Phi) is 7.35. The second-order valence-corrected chi connectivity index (χ2v) is 6.53. The number of methoxy groups -OCH3 is 2. The van der Waals surface area contributed by atoms with Gasteiger partial charge in [0, 0.05) is 5.92 Å². The van der Waals surface area contributed by atoms with E-state index < -0.39 is 17.9 Å². The molecule has 142 valence electrons. The van der Waals surface area contributed by atoms with Crippen LogP contribution in [0.5, 0.6) is 0 Å². The van der Waals surface area contributed by atoms with Gasteiger partial charge >= 0.3 is 11.9 Å². The second kappa shape index (κ2) is 9.72. The number of carbonyl (C=O) groups excluding carboxylic acids is 2. The van der Waals surface area contributed by atoms with Crippen LogP contribution in [-0.2, 0) is 25.5 Å². The summed E-state index contributed by atoms with van der Waals surface area (Å²) in [6, 6.07) is 15.9. The lowest BCUT2D eigenvalue weighted by molar-refractivity contribution is -0.160. The zero-order chi connectivity index (χ0) is 19.8. The number of hydrogen-bond acceptors (Lipinski definition) is 4. The van der Waals surface area contributed by atoms with Crippen LogP contribution in [0.4, 0.5) is 0 Å². The largest absolute Gasteiger partial charge is 0.468 e. The Hall–Kier alpha value is -2.88. The molecule has 0 aliphatic carbocycles. The first kappa shape index (κ1) is 20.4. The lowest BCUT2D eigenvalue weighted by Gasteiger charge is -2.21. The topological polar surface area (TPSA) is 52.6 Å². The third-order valence-electron chi connectivity index (χ3n) is 4.77. The van der Waals surface area contributed by atoms with Gasteiger partial charge in [-0.05, 0) is 42.5 Å². The summed E-state index contributed by atoms with van der Waals surface area (Å²) < 4.78 is 9.77. The Bertz CT molecular complexity index is 807. The predicted molar refractivity (Wildman–Crippen MR) is 106 cm³/mol. The SMILES string of the molecule is COC(=O)C(C(=O)OC)[C@@H](/C=C/c1ccccc1C)Cc1ccccc1C. The third kappa shape index (κ3) is 5.30. The predicted octanol–water partition coefficient (Wildman–Crippen LogP) is 4.14. The molecule has 4 heteroatoms. The van der Waals surface area contributed by atoms with E-state index in [0.717, 1.165) is 22.3 Å². The molecule has 0 aliphatic rings. The van der Waals surface area contributed by atoms with Gasteiger partial charge in [0.1, 0.15) is 0 Å². The number of allylic oxidation sites excluding steroid dienone is 1. The van der Waals surface area contributed by atoms with Crippen LogP contribution in [0.3, 0.4) is 0 Å². The van der Waals surface area contributed by atoms with Crippen molar-refractivity contribution in [2.24, 2.45) is 11.8 Å². The van der Waals surface area contributed by atoms with Crippen molar-refractivity contribution in [3.05, 3.63) is 76.9 Å². The summed E-state index contributed by atoms with van der Waals surface area (Å²) in [6.45, 7) is 4.04. The van der Waals surface area contributed by atoms with E-state index in [9.17, 15) is 9.59 Å². The Morgan fingerprint density at radius 2 is 1.44 bits per heavy atom. The fourth-order valence-electron chi connectivity index (χ4n) is 3.09. The van der Waals surface area contributed by atoms with Gasteiger partial charge in [0.15, 0.2) is 5.92 Å². The molecule has 0 radical (unpaired) electrons. The smallest absolute Gasteiger partial charge is 0.320 e. The van der Waals surface area contributed by atoms with Gasteiger partial charge in [0.05, 0.1) is 14.2 Å². The molecule has 0 heterocycles. The molecular formula is C23H26O4. The van der Waals surface area contributed by atoms with Crippen molar-refractivity contribution < 1.29 is 19.1 Å². The van der Waals surface area contributed by atoms with E-state index in [0.29, 0.717) is 6.42 Å². The maximum Gasteiger partial charge on any atom is 0.320 e. The second-order valence-electron chi connectivity index (χ2n) is 6.53. The van der Waals surface area contributed by atoms with E-state index in [4.69, 9.17) is 9.47 Å². The molecule has 0 spiro atoms. The number of ether oxygens (including phenoxy) is 2. The number of carbonyl (C=O) groups is 2. The molecule has 0 bridgehead atoms. The standard InChI is InChI=1S/C23H26O4/c1-16-9-5-7-11-18(16)13-14-20(15-19-12-8-6-10-17(19)2)21(22(24)26-3)23(25)27-4/h5-14,20-21H,15H2,1-4H3/b14-13+/t20-/m0/s1. The zero-order valence-electron chi connectivity index (χ0n) is 16.3. The summed E-state index contributed by atoms with van der Waals surface area (Å²) in [7, 11) is 2.57. The summed E-state index contributed by atoms with van der Waals surface area (Å²) in [4.78, 5) is 24.7. The highest BCUT2D eigenvalue weighted by atomic mass is 16.5. The van der Waals surface area contributed by atoms with Crippen LogP contribution < -0.4 is 0 Å². The zero-order valence-corrected chi connectivity index (χ0v) is 16.3. The first-order valence-electron chi connectivity index (χ1n) is 8.92. The molecule has 2 rings (SSSR count). The first-order chi connectivity index (χ1) is 13.0. The summed E-state index contributed by atoms with van der Waals surface area (Å²) >= 11 is 0. The lowest BCUT2D eigenvalue weighted by atomic mass is 9.84. The molecular weight excluding hydrogens is 340 g/mol. The van der Waals surface area contributed by atoms with Crippen LogP contribution >= 0.6 is 0 Å². The monoisotopic (exact) mass is 366 g/mol. The van der Waals surface area contributed by atoms with Crippen LogP contribution in [0, 0.1) is 25.7 Å². The highest BCUT2D eigenvalue weighted by Gasteiger charge is 2.35. The van der Waals surface area contributed by atoms with Gasteiger partial charge in [0.25, 0.3) is 0 Å². The van der Waals surface area contributed by atoms with Crippen molar-refractivity contribution in [1.82, 2.24) is 0 Å². The normalized spacial score (nSPS) is 12.2.